The highest BCUT2D eigenvalue weighted by Gasteiger charge is 2.31. The van der Waals surface area contributed by atoms with Gasteiger partial charge in [0.25, 0.3) is 0 Å². The molecule has 0 fully saturated rings. The van der Waals surface area contributed by atoms with Crippen LogP contribution in [0.5, 0.6) is 5.75 Å². The number of alkyl halides is 3. The average molecular weight is 297 g/mol. The fourth-order valence-corrected chi connectivity index (χ4v) is 2.23. The lowest BCUT2D eigenvalue weighted by Crippen LogP contribution is -2.24. The van der Waals surface area contributed by atoms with Gasteiger partial charge in [-0.3, -0.25) is 0 Å². The molecular weight excluding hydrogens is 286 g/mol. The fourth-order valence-electron chi connectivity index (χ4n) is 2.23. The van der Waals surface area contributed by atoms with Gasteiger partial charge in [0.2, 0.25) is 0 Å². The summed E-state index contributed by atoms with van der Waals surface area (Å²) in [5.41, 5.74) is 0.379. The largest absolute Gasteiger partial charge is 0.479 e. The number of anilines is 1. The van der Waals surface area contributed by atoms with E-state index >= 15 is 0 Å². The molecule has 1 N–H and O–H groups in total. The van der Waals surface area contributed by atoms with Crippen molar-refractivity contribution < 1.29 is 22.3 Å². The zero-order valence-electron chi connectivity index (χ0n) is 10.7. The SMILES string of the molecule is Fc1cccc2c1OC(c1ccc(C(F)(F)F)cc1)CN2. The van der Waals surface area contributed by atoms with Gasteiger partial charge < -0.3 is 10.1 Å². The van der Waals surface area contributed by atoms with Crippen molar-refractivity contribution in [1.29, 1.82) is 0 Å². The molecule has 6 heteroatoms. The molecule has 0 aliphatic carbocycles. The van der Waals surface area contributed by atoms with Gasteiger partial charge in [0.15, 0.2) is 11.6 Å². The van der Waals surface area contributed by atoms with Crippen LogP contribution in [0.25, 0.3) is 0 Å². The molecule has 2 aromatic rings. The van der Waals surface area contributed by atoms with Crippen molar-refractivity contribution in [1.82, 2.24) is 0 Å². The maximum absolute atomic E-state index is 13.7. The molecule has 0 spiro atoms. The van der Waals surface area contributed by atoms with Crippen LogP contribution in [0.4, 0.5) is 23.2 Å². The Balaban J connectivity index is 1.85. The van der Waals surface area contributed by atoms with E-state index in [1.165, 1.54) is 18.2 Å². The summed E-state index contributed by atoms with van der Waals surface area (Å²) in [6.07, 6.45) is -4.90. The first-order valence-corrected chi connectivity index (χ1v) is 6.31. The summed E-state index contributed by atoms with van der Waals surface area (Å²) in [6, 6.07) is 9.20. The normalized spacial score (nSPS) is 17.6. The lowest BCUT2D eigenvalue weighted by atomic mass is 10.0. The quantitative estimate of drug-likeness (QED) is 0.788. The average Bonchev–Trinajstić information content (AvgIpc) is 2.47. The van der Waals surface area contributed by atoms with Crippen molar-refractivity contribution in [3.05, 3.63) is 59.4 Å². The molecule has 1 atom stereocenters. The van der Waals surface area contributed by atoms with Gasteiger partial charge in [-0.05, 0) is 29.8 Å². The van der Waals surface area contributed by atoms with Crippen molar-refractivity contribution in [2.24, 2.45) is 0 Å². The molecule has 0 amide bonds. The van der Waals surface area contributed by atoms with Crippen molar-refractivity contribution in [2.45, 2.75) is 12.3 Å². The Morgan fingerprint density at radius 2 is 1.76 bits per heavy atom. The van der Waals surface area contributed by atoms with E-state index in [-0.39, 0.29) is 5.75 Å². The molecule has 2 aromatic carbocycles. The highest BCUT2D eigenvalue weighted by atomic mass is 19.4. The number of fused-ring (bicyclic) bond motifs is 1. The second-order valence-corrected chi connectivity index (χ2v) is 4.72. The number of hydrogen-bond acceptors (Lipinski definition) is 2. The molecule has 1 heterocycles. The molecule has 0 saturated carbocycles. The Morgan fingerprint density at radius 3 is 2.43 bits per heavy atom. The Hall–Kier alpha value is -2.24. The minimum Gasteiger partial charge on any atom is -0.479 e. The maximum atomic E-state index is 13.7. The molecule has 3 rings (SSSR count). The fraction of sp³-hybridized carbons (Fsp3) is 0.200. The van der Waals surface area contributed by atoms with Gasteiger partial charge in [-0.15, -0.1) is 0 Å². The molecule has 0 bridgehead atoms. The minimum atomic E-state index is -4.37. The number of para-hydroxylation sites is 1. The third kappa shape index (κ3) is 2.66. The number of nitrogens with one attached hydrogen (secondary N) is 1. The van der Waals surface area contributed by atoms with E-state index in [2.05, 4.69) is 5.32 Å². The summed E-state index contributed by atoms with van der Waals surface area (Å²) in [5, 5.41) is 3.01. The van der Waals surface area contributed by atoms with Gasteiger partial charge in [-0.1, -0.05) is 18.2 Å². The van der Waals surface area contributed by atoms with Crippen LogP contribution in [0, 0.1) is 5.82 Å². The number of benzene rings is 2. The van der Waals surface area contributed by atoms with Crippen molar-refractivity contribution in [2.75, 3.05) is 11.9 Å². The monoisotopic (exact) mass is 297 g/mol. The summed E-state index contributed by atoms with van der Waals surface area (Å²) in [6.45, 7) is 0.363. The first-order valence-electron chi connectivity index (χ1n) is 6.31. The molecule has 0 saturated heterocycles. The van der Waals surface area contributed by atoms with Gasteiger partial charge in [0.1, 0.15) is 6.10 Å². The summed E-state index contributed by atoms with van der Waals surface area (Å²) in [7, 11) is 0. The number of ether oxygens (including phenoxy) is 1. The Bertz CT molecular complexity index is 652. The molecule has 1 aliphatic heterocycles. The molecule has 1 unspecified atom stereocenters. The second-order valence-electron chi connectivity index (χ2n) is 4.72. The third-order valence-corrected chi connectivity index (χ3v) is 3.31. The molecule has 21 heavy (non-hydrogen) atoms. The first kappa shape index (κ1) is 13.7. The van der Waals surface area contributed by atoms with Crippen LogP contribution in [0.15, 0.2) is 42.5 Å². The Labute approximate surface area is 118 Å². The van der Waals surface area contributed by atoms with E-state index in [0.29, 0.717) is 17.8 Å². The van der Waals surface area contributed by atoms with Crippen LogP contribution >= 0.6 is 0 Å². The van der Waals surface area contributed by atoms with Gasteiger partial charge in [-0.25, -0.2) is 4.39 Å². The van der Waals surface area contributed by atoms with Crippen molar-refractivity contribution in [3.8, 4) is 5.75 Å². The zero-order valence-corrected chi connectivity index (χ0v) is 10.7. The van der Waals surface area contributed by atoms with E-state index in [1.807, 2.05) is 0 Å². The van der Waals surface area contributed by atoms with E-state index in [9.17, 15) is 17.6 Å². The topological polar surface area (TPSA) is 21.3 Å². The molecule has 0 radical (unpaired) electrons. The third-order valence-electron chi connectivity index (χ3n) is 3.31. The predicted octanol–water partition coefficient (Wildman–Crippen LogP) is 4.39. The van der Waals surface area contributed by atoms with Gasteiger partial charge in [0, 0.05) is 0 Å². The molecule has 1 aliphatic rings. The summed E-state index contributed by atoms with van der Waals surface area (Å²) < 4.78 is 56.8. The van der Waals surface area contributed by atoms with Gasteiger partial charge >= 0.3 is 6.18 Å². The van der Waals surface area contributed by atoms with E-state index in [1.54, 1.807) is 12.1 Å². The standard InChI is InChI=1S/C15H11F4NO/c16-11-2-1-3-12-14(11)21-13(8-20-12)9-4-6-10(7-5-9)15(17,18)19/h1-7,13,20H,8H2. The molecular formula is C15H11F4NO. The highest BCUT2D eigenvalue weighted by Crippen LogP contribution is 2.37. The van der Waals surface area contributed by atoms with Crippen LogP contribution in [0.3, 0.4) is 0 Å². The molecule has 2 nitrogen and oxygen atoms in total. The lowest BCUT2D eigenvalue weighted by molar-refractivity contribution is -0.137. The van der Waals surface area contributed by atoms with Crippen molar-refractivity contribution in [3.63, 3.8) is 0 Å². The zero-order chi connectivity index (χ0) is 15.0. The Kier molecular flexibility index (Phi) is 3.23. The first-order chi connectivity index (χ1) is 9.95. The second kappa shape index (κ2) is 4.95. The van der Waals surface area contributed by atoms with Crippen LogP contribution in [0.2, 0.25) is 0 Å². The number of hydrogen-bond donors (Lipinski definition) is 1. The van der Waals surface area contributed by atoms with E-state index in [0.717, 1.165) is 12.1 Å². The van der Waals surface area contributed by atoms with Crippen molar-refractivity contribution >= 4 is 5.69 Å². The lowest BCUT2D eigenvalue weighted by Gasteiger charge is -2.28. The van der Waals surface area contributed by atoms with E-state index in [4.69, 9.17) is 4.74 Å². The summed E-state index contributed by atoms with van der Waals surface area (Å²) in [5.74, 6) is -0.412. The van der Waals surface area contributed by atoms with Crippen LogP contribution in [-0.4, -0.2) is 6.54 Å². The van der Waals surface area contributed by atoms with Gasteiger partial charge in [-0.2, -0.15) is 13.2 Å². The molecule has 0 aromatic heterocycles. The predicted molar refractivity (Wildman–Crippen MR) is 69.7 cm³/mol. The highest BCUT2D eigenvalue weighted by molar-refractivity contribution is 5.58. The van der Waals surface area contributed by atoms with E-state index < -0.39 is 23.7 Å². The van der Waals surface area contributed by atoms with Crippen LogP contribution in [-0.2, 0) is 6.18 Å². The molecule has 110 valence electrons. The Morgan fingerprint density at radius 1 is 1.05 bits per heavy atom. The maximum Gasteiger partial charge on any atom is 0.416 e. The minimum absolute atomic E-state index is 0.0913. The number of rotatable bonds is 1. The summed E-state index contributed by atoms with van der Waals surface area (Å²) in [4.78, 5) is 0. The van der Waals surface area contributed by atoms with Crippen LogP contribution < -0.4 is 10.1 Å². The van der Waals surface area contributed by atoms with Crippen LogP contribution in [0.1, 0.15) is 17.2 Å². The number of halogens is 4. The summed E-state index contributed by atoms with van der Waals surface area (Å²) >= 11 is 0. The van der Waals surface area contributed by atoms with Gasteiger partial charge in [0.05, 0.1) is 17.8 Å². The smallest absolute Gasteiger partial charge is 0.416 e.